The van der Waals surface area contributed by atoms with Crippen molar-refractivity contribution in [1.29, 1.82) is 0 Å². The van der Waals surface area contributed by atoms with Gasteiger partial charge in [-0.25, -0.2) is 0 Å². The van der Waals surface area contributed by atoms with Gasteiger partial charge in [0.2, 0.25) is 0 Å². The van der Waals surface area contributed by atoms with Crippen molar-refractivity contribution in [3.63, 3.8) is 0 Å². The smallest absolute Gasteiger partial charge is 0.256 e. The number of nitrogens with one attached hydrogen (secondary N) is 1. The summed E-state index contributed by atoms with van der Waals surface area (Å²) in [5, 5.41) is 10.9. The number of hydrogen-bond donors (Lipinski definition) is 1. The fourth-order valence-corrected chi connectivity index (χ4v) is 3.19. The average molecular weight is 464 g/mol. The Morgan fingerprint density at radius 1 is 1.15 bits per heavy atom. The van der Waals surface area contributed by atoms with Gasteiger partial charge in [0, 0.05) is 21.9 Å². The van der Waals surface area contributed by atoms with Crippen molar-refractivity contribution in [1.82, 2.24) is 14.8 Å². The fraction of sp³-hybridized carbons (Fsp3) is 0.167. The Kier molecular flexibility index (Phi) is 5.40. The molecule has 1 heterocycles. The van der Waals surface area contributed by atoms with E-state index in [9.17, 15) is 4.79 Å². The highest BCUT2D eigenvalue weighted by Gasteiger charge is 2.16. The van der Waals surface area contributed by atoms with E-state index in [1.54, 1.807) is 25.6 Å². The van der Waals surface area contributed by atoms with Crippen LogP contribution in [-0.2, 0) is 7.05 Å². The lowest BCUT2D eigenvalue weighted by Crippen LogP contribution is -2.14. The summed E-state index contributed by atoms with van der Waals surface area (Å²) in [6.07, 6.45) is 1.63. The molecule has 1 aromatic heterocycles. The van der Waals surface area contributed by atoms with E-state index in [-0.39, 0.29) is 5.91 Å². The standard InChI is InChI=1S/C18H17IN4O3/c1-23-10-20-22-17(23)11-5-4-6-12(7-11)21-18(24)13-8-15(25-2)16(26-3)9-14(13)19/h4-10H,1-3H3,(H,21,24). The van der Waals surface area contributed by atoms with Gasteiger partial charge >= 0.3 is 0 Å². The lowest BCUT2D eigenvalue weighted by atomic mass is 10.1. The highest BCUT2D eigenvalue weighted by atomic mass is 127. The molecule has 8 heteroatoms. The van der Waals surface area contributed by atoms with Gasteiger partial charge in [-0.2, -0.15) is 0 Å². The summed E-state index contributed by atoms with van der Waals surface area (Å²) >= 11 is 2.10. The van der Waals surface area contributed by atoms with Crippen molar-refractivity contribution in [3.05, 3.63) is 51.9 Å². The lowest BCUT2D eigenvalue weighted by molar-refractivity contribution is 0.102. The van der Waals surface area contributed by atoms with E-state index in [1.165, 1.54) is 7.11 Å². The first-order valence-corrected chi connectivity index (χ1v) is 8.78. The van der Waals surface area contributed by atoms with Crippen LogP contribution in [0.3, 0.4) is 0 Å². The first-order chi connectivity index (χ1) is 12.5. The van der Waals surface area contributed by atoms with Crippen LogP contribution >= 0.6 is 22.6 Å². The highest BCUT2D eigenvalue weighted by molar-refractivity contribution is 14.1. The minimum Gasteiger partial charge on any atom is -0.493 e. The number of carbonyl (C=O) groups is 1. The Morgan fingerprint density at radius 2 is 1.88 bits per heavy atom. The Balaban J connectivity index is 1.88. The van der Waals surface area contributed by atoms with Gasteiger partial charge in [-0.3, -0.25) is 4.79 Å². The van der Waals surface area contributed by atoms with E-state index >= 15 is 0 Å². The maximum atomic E-state index is 12.7. The Hall–Kier alpha value is -2.62. The molecule has 7 nitrogen and oxygen atoms in total. The monoisotopic (exact) mass is 464 g/mol. The number of aromatic nitrogens is 3. The number of ether oxygens (including phenoxy) is 2. The maximum Gasteiger partial charge on any atom is 0.256 e. The first-order valence-electron chi connectivity index (χ1n) is 7.70. The number of hydrogen-bond acceptors (Lipinski definition) is 5. The highest BCUT2D eigenvalue weighted by Crippen LogP contribution is 2.32. The van der Waals surface area contributed by atoms with E-state index in [0.717, 1.165) is 15.0 Å². The zero-order valence-corrected chi connectivity index (χ0v) is 16.6. The van der Waals surface area contributed by atoms with Crippen LogP contribution in [0.2, 0.25) is 0 Å². The largest absolute Gasteiger partial charge is 0.493 e. The van der Waals surface area contributed by atoms with Crippen LogP contribution in [-0.4, -0.2) is 34.9 Å². The SMILES string of the molecule is COc1cc(I)c(C(=O)Nc2cccc(-c3nncn3C)c2)cc1OC. The average Bonchev–Trinajstić information content (AvgIpc) is 3.07. The van der Waals surface area contributed by atoms with Gasteiger partial charge < -0.3 is 19.4 Å². The summed E-state index contributed by atoms with van der Waals surface area (Å²) < 4.78 is 13.1. The fourth-order valence-electron chi connectivity index (χ4n) is 2.51. The molecule has 0 aliphatic rings. The molecule has 0 bridgehead atoms. The Bertz CT molecular complexity index is 955. The van der Waals surface area contributed by atoms with Crippen LogP contribution in [0.5, 0.6) is 11.5 Å². The van der Waals surface area contributed by atoms with Gasteiger partial charge in [-0.05, 0) is 46.9 Å². The van der Waals surface area contributed by atoms with E-state index < -0.39 is 0 Å². The molecule has 2 aromatic carbocycles. The second kappa shape index (κ2) is 7.73. The molecule has 3 aromatic rings. The second-order valence-corrected chi connectivity index (χ2v) is 6.65. The third kappa shape index (κ3) is 3.64. The molecular weight excluding hydrogens is 447 g/mol. The van der Waals surface area contributed by atoms with E-state index in [1.807, 2.05) is 35.9 Å². The summed E-state index contributed by atoms with van der Waals surface area (Å²) in [5.74, 6) is 1.58. The van der Waals surface area contributed by atoms with Crippen molar-refractivity contribution in [2.24, 2.45) is 7.05 Å². The van der Waals surface area contributed by atoms with E-state index in [4.69, 9.17) is 9.47 Å². The Labute approximate surface area is 164 Å². The zero-order chi connectivity index (χ0) is 18.7. The van der Waals surface area contributed by atoms with Crippen molar-refractivity contribution in [3.8, 4) is 22.9 Å². The van der Waals surface area contributed by atoms with E-state index in [0.29, 0.717) is 22.7 Å². The predicted molar refractivity (Wildman–Crippen MR) is 107 cm³/mol. The molecule has 26 heavy (non-hydrogen) atoms. The molecule has 1 N–H and O–H groups in total. The minimum absolute atomic E-state index is 0.231. The van der Waals surface area contributed by atoms with Crippen molar-refractivity contribution < 1.29 is 14.3 Å². The summed E-state index contributed by atoms with van der Waals surface area (Å²) in [7, 11) is 4.97. The number of amides is 1. The second-order valence-electron chi connectivity index (χ2n) is 5.49. The number of aryl methyl sites for hydroxylation is 1. The molecule has 0 spiro atoms. The maximum absolute atomic E-state index is 12.7. The predicted octanol–water partition coefficient (Wildman–Crippen LogP) is 3.36. The zero-order valence-electron chi connectivity index (χ0n) is 14.5. The summed E-state index contributed by atoms with van der Waals surface area (Å²) in [6.45, 7) is 0. The Morgan fingerprint density at radius 3 is 2.54 bits per heavy atom. The van der Waals surface area contributed by atoms with Gasteiger partial charge in [0.15, 0.2) is 17.3 Å². The van der Waals surface area contributed by atoms with Crippen LogP contribution in [0.25, 0.3) is 11.4 Å². The molecule has 1 amide bonds. The number of carbonyl (C=O) groups excluding carboxylic acids is 1. The van der Waals surface area contributed by atoms with Crippen molar-refractivity contribution in [2.45, 2.75) is 0 Å². The summed E-state index contributed by atoms with van der Waals surface area (Å²) in [6, 6.07) is 10.9. The molecule has 134 valence electrons. The number of anilines is 1. The third-order valence-corrected chi connectivity index (χ3v) is 4.70. The normalized spacial score (nSPS) is 10.5. The van der Waals surface area contributed by atoms with Gasteiger partial charge in [0.25, 0.3) is 5.91 Å². The van der Waals surface area contributed by atoms with Crippen LogP contribution in [0.15, 0.2) is 42.7 Å². The molecular formula is C18H17IN4O3. The van der Waals surface area contributed by atoms with E-state index in [2.05, 4.69) is 38.1 Å². The molecule has 0 fully saturated rings. The van der Waals surface area contributed by atoms with Gasteiger partial charge in [-0.1, -0.05) is 12.1 Å². The number of rotatable bonds is 5. The molecule has 0 aliphatic carbocycles. The summed E-state index contributed by atoms with van der Waals surface area (Å²) in [4.78, 5) is 12.7. The van der Waals surface area contributed by atoms with Gasteiger partial charge in [-0.15, -0.1) is 10.2 Å². The molecule has 0 atom stereocenters. The molecule has 0 saturated carbocycles. The van der Waals surface area contributed by atoms with Crippen LogP contribution in [0.4, 0.5) is 5.69 Å². The van der Waals surface area contributed by atoms with Crippen molar-refractivity contribution >= 4 is 34.2 Å². The molecule has 0 unspecified atom stereocenters. The van der Waals surface area contributed by atoms with Crippen molar-refractivity contribution in [2.75, 3.05) is 19.5 Å². The summed E-state index contributed by atoms with van der Waals surface area (Å²) in [5.41, 5.74) is 2.04. The molecule has 3 rings (SSSR count). The number of halogens is 1. The first kappa shape index (κ1) is 18.2. The molecule has 0 saturated heterocycles. The topological polar surface area (TPSA) is 78.3 Å². The number of methoxy groups -OCH3 is 2. The number of nitrogens with zero attached hydrogens (tertiary/aromatic N) is 3. The molecule has 0 aliphatic heterocycles. The van der Waals surface area contributed by atoms with Crippen LogP contribution < -0.4 is 14.8 Å². The minimum atomic E-state index is -0.231. The van der Waals surface area contributed by atoms with Crippen LogP contribution in [0.1, 0.15) is 10.4 Å². The quantitative estimate of drug-likeness (QED) is 0.587. The van der Waals surface area contributed by atoms with Crippen LogP contribution in [0, 0.1) is 3.57 Å². The number of benzene rings is 2. The third-order valence-electron chi connectivity index (χ3n) is 3.81. The van der Waals surface area contributed by atoms with Gasteiger partial charge in [0.05, 0.1) is 19.8 Å². The lowest BCUT2D eigenvalue weighted by Gasteiger charge is -2.12. The molecule has 0 radical (unpaired) electrons. The van der Waals surface area contributed by atoms with Gasteiger partial charge in [0.1, 0.15) is 6.33 Å².